The number of hydrogen-bond donors (Lipinski definition) is 2. The fourth-order valence-electron chi connectivity index (χ4n) is 1.45. The SMILES string of the molecule is Cc1ccc(C(O)C(O)CN=[N+]=[N-])c(C#N)c1. The summed E-state index contributed by atoms with van der Waals surface area (Å²) in [5.41, 5.74) is 9.64. The molecule has 88 valence electrons. The third-order valence-corrected chi connectivity index (χ3v) is 2.34. The van der Waals surface area contributed by atoms with Crippen molar-refractivity contribution in [3.8, 4) is 6.07 Å². The zero-order valence-electron chi connectivity index (χ0n) is 9.28. The minimum Gasteiger partial charge on any atom is -0.390 e. The number of benzene rings is 1. The molecule has 2 unspecified atom stereocenters. The molecule has 1 aromatic rings. The Morgan fingerprint density at radius 3 is 2.82 bits per heavy atom. The molecule has 0 heterocycles. The maximum absolute atomic E-state index is 9.83. The molecule has 0 bridgehead atoms. The molecular formula is C11H12N4O2. The van der Waals surface area contributed by atoms with Gasteiger partial charge < -0.3 is 10.2 Å². The van der Waals surface area contributed by atoms with Gasteiger partial charge in [0.2, 0.25) is 0 Å². The Morgan fingerprint density at radius 1 is 1.53 bits per heavy atom. The fraction of sp³-hybridized carbons (Fsp3) is 0.364. The summed E-state index contributed by atoms with van der Waals surface area (Å²) in [6.45, 7) is 1.59. The molecule has 6 nitrogen and oxygen atoms in total. The van der Waals surface area contributed by atoms with E-state index in [4.69, 9.17) is 10.8 Å². The van der Waals surface area contributed by atoms with Crippen LogP contribution in [0.25, 0.3) is 10.4 Å². The van der Waals surface area contributed by atoms with Crippen molar-refractivity contribution >= 4 is 0 Å². The summed E-state index contributed by atoms with van der Waals surface area (Å²) in [4.78, 5) is 2.50. The predicted octanol–water partition coefficient (Wildman–Crippen LogP) is 1.57. The van der Waals surface area contributed by atoms with E-state index in [1.807, 2.05) is 13.0 Å². The molecule has 1 aromatic carbocycles. The molecule has 0 fully saturated rings. The van der Waals surface area contributed by atoms with Gasteiger partial charge in [0.15, 0.2) is 0 Å². The first-order valence-corrected chi connectivity index (χ1v) is 4.97. The van der Waals surface area contributed by atoms with Crippen LogP contribution in [0.4, 0.5) is 0 Å². The number of nitriles is 1. The second kappa shape index (κ2) is 5.87. The third-order valence-electron chi connectivity index (χ3n) is 2.34. The Hall–Kier alpha value is -2.06. The van der Waals surface area contributed by atoms with Crippen LogP contribution in [0.15, 0.2) is 23.3 Å². The van der Waals surface area contributed by atoms with Crippen LogP contribution in [-0.2, 0) is 0 Å². The zero-order valence-corrected chi connectivity index (χ0v) is 9.28. The van der Waals surface area contributed by atoms with E-state index in [1.165, 1.54) is 0 Å². The number of azide groups is 1. The second-order valence-electron chi connectivity index (χ2n) is 3.63. The topological polar surface area (TPSA) is 113 Å². The van der Waals surface area contributed by atoms with Crippen molar-refractivity contribution in [1.29, 1.82) is 5.26 Å². The molecular weight excluding hydrogens is 220 g/mol. The van der Waals surface area contributed by atoms with E-state index >= 15 is 0 Å². The van der Waals surface area contributed by atoms with Gasteiger partial charge in [-0.3, -0.25) is 0 Å². The summed E-state index contributed by atoms with van der Waals surface area (Å²) in [6.07, 6.45) is -2.46. The lowest BCUT2D eigenvalue weighted by molar-refractivity contribution is 0.0242. The Balaban J connectivity index is 2.99. The molecule has 6 heteroatoms. The van der Waals surface area contributed by atoms with Crippen molar-refractivity contribution in [3.63, 3.8) is 0 Å². The highest BCUT2D eigenvalue weighted by atomic mass is 16.3. The largest absolute Gasteiger partial charge is 0.390 e. The molecule has 0 amide bonds. The molecule has 2 N–H and O–H groups in total. The minimum atomic E-state index is -1.24. The maximum Gasteiger partial charge on any atom is 0.106 e. The van der Waals surface area contributed by atoms with Crippen molar-refractivity contribution in [2.75, 3.05) is 6.54 Å². The van der Waals surface area contributed by atoms with Gasteiger partial charge in [-0.1, -0.05) is 17.2 Å². The van der Waals surface area contributed by atoms with Crippen LogP contribution in [0.5, 0.6) is 0 Å². The first kappa shape index (κ1) is 13.0. The molecule has 0 saturated heterocycles. The Labute approximate surface area is 98.4 Å². The van der Waals surface area contributed by atoms with Gasteiger partial charge in [0.1, 0.15) is 6.10 Å². The fourth-order valence-corrected chi connectivity index (χ4v) is 1.45. The quantitative estimate of drug-likeness (QED) is 0.466. The van der Waals surface area contributed by atoms with E-state index in [2.05, 4.69) is 10.0 Å². The zero-order chi connectivity index (χ0) is 12.8. The summed E-state index contributed by atoms with van der Waals surface area (Å²) < 4.78 is 0. The van der Waals surface area contributed by atoms with Gasteiger partial charge in [-0.25, -0.2) is 0 Å². The van der Waals surface area contributed by atoms with Crippen LogP contribution in [0, 0.1) is 18.3 Å². The number of aliphatic hydroxyl groups is 2. The number of nitrogens with zero attached hydrogens (tertiary/aromatic N) is 4. The third kappa shape index (κ3) is 3.20. The second-order valence-corrected chi connectivity index (χ2v) is 3.63. The molecule has 1 rings (SSSR count). The summed E-state index contributed by atoms with van der Waals surface area (Å²) in [7, 11) is 0. The molecule has 0 aromatic heterocycles. The molecule has 0 aliphatic heterocycles. The van der Waals surface area contributed by atoms with Gasteiger partial charge in [-0.15, -0.1) is 0 Å². The van der Waals surface area contributed by atoms with Crippen LogP contribution < -0.4 is 0 Å². The monoisotopic (exact) mass is 232 g/mol. The number of hydrogen-bond acceptors (Lipinski definition) is 4. The molecule has 17 heavy (non-hydrogen) atoms. The van der Waals surface area contributed by atoms with Gasteiger partial charge in [-0.2, -0.15) is 5.26 Å². The number of aliphatic hydroxyl groups excluding tert-OH is 2. The maximum atomic E-state index is 9.83. The van der Waals surface area contributed by atoms with Crippen molar-refractivity contribution in [2.24, 2.45) is 5.11 Å². The van der Waals surface area contributed by atoms with E-state index < -0.39 is 12.2 Å². The van der Waals surface area contributed by atoms with Crippen LogP contribution in [0.3, 0.4) is 0 Å². The normalized spacial score (nSPS) is 13.3. The highest BCUT2D eigenvalue weighted by Crippen LogP contribution is 2.22. The Morgan fingerprint density at radius 2 is 2.24 bits per heavy atom. The lowest BCUT2D eigenvalue weighted by Gasteiger charge is -2.17. The molecule has 0 aliphatic rings. The molecule has 0 spiro atoms. The van der Waals surface area contributed by atoms with Crippen molar-refractivity contribution in [3.05, 3.63) is 45.3 Å². The van der Waals surface area contributed by atoms with Crippen molar-refractivity contribution < 1.29 is 10.2 Å². The molecule has 0 aliphatic carbocycles. The average molecular weight is 232 g/mol. The first-order chi connectivity index (χ1) is 8.10. The smallest absolute Gasteiger partial charge is 0.106 e. The van der Waals surface area contributed by atoms with E-state index in [0.717, 1.165) is 5.56 Å². The van der Waals surface area contributed by atoms with E-state index in [9.17, 15) is 10.2 Å². The van der Waals surface area contributed by atoms with Crippen LogP contribution in [-0.4, -0.2) is 22.9 Å². The summed E-state index contributed by atoms with van der Waals surface area (Å²) >= 11 is 0. The summed E-state index contributed by atoms with van der Waals surface area (Å²) in [6, 6.07) is 6.89. The van der Waals surface area contributed by atoms with Crippen molar-refractivity contribution in [2.45, 2.75) is 19.1 Å². The number of aryl methyl sites for hydroxylation is 1. The lowest BCUT2D eigenvalue weighted by atomic mass is 9.97. The van der Waals surface area contributed by atoms with Crippen LogP contribution in [0.1, 0.15) is 22.8 Å². The standard InChI is InChI=1S/C11H12N4O2/c1-7-2-3-9(8(4-7)5-12)11(17)10(16)6-14-15-13/h2-4,10-11,16-17H,6H2,1H3. The summed E-state index contributed by atoms with van der Waals surface area (Å²) in [5.74, 6) is 0. The first-order valence-electron chi connectivity index (χ1n) is 4.97. The molecule has 2 atom stereocenters. The number of rotatable bonds is 4. The lowest BCUT2D eigenvalue weighted by Crippen LogP contribution is -2.22. The highest BCUT2D eigenvalue weighted by Gasteiger charge is 2.20. The van der Waals surface area contributed by atoms with Gasteiger partial charge in [0.25, 0.3) is 0 Å². The van der Waals surface area contributed by atoms with Crippen molar-refractivity contribution in [1.82, 2.24) is 0 Å². The molecule has 0 radical (unpaired) electrons. The summed E-state index contributed by atoms with van der Waals surface area (Å²) in [5, 5.41) is 31.5. The van der Waals surface area contributed by atoms with Crippen LogP contribution in [0.2, 0.25) is 0 Å². The minimum absolute atomic E-state index is 0.240. The van der Waals surface area contributed by atoms with E-state index in [0.29, 0.717) is 11.1 Å². The van der Waals surface area contributed by atoms with E-state index in [-0.39, 0.29) is 6.54 Å². The predicted molar refractivity (Wildman–Crippen MR) is 60.9 cm³/mol. The highest BCUT2D eigenvalue weighted by molar-refractivity contribution is 5.41. The average Bonchev–Trinajstić information content (AvgIpc) is 2.34. The van der Waals surface area contributed by atoms with E-state index in [1.54, 1.807) is 18.2 Å². The Kier molecular flexibility index (Phi) is 4.49. The van der Waals surface area contributed by atoms with Crippen LogP contribution >= 0.6 is 0 Å². The van der Waals surface area contributed by atoms with Gasteiger partial charge in [-0.05, 0) is 24.1 Å². The van der Waals surface area contributed by atoms with Gasteiger partial charge >= 0.3 is 0 Å². The Bertz CT molecular complexity index is 489. The molecule has 0 saturated carbocycles. The van der Waals surface area contributed by atoms with Gasteiger partial charge in [0, 0.05) is 10.5 Å². The van der Waals surface area contributed by atoms with Gasteiger partial charge in [0.05, 0.1) is 24.3 Å².